The zero-order valence-corrected chi connectivity index (χ0v) is 12.9. The summed E-state index contributed by atoms with van der Waals surface area (Å²) in [5.41, 5.74) is 0.597. The van der Waals surface area contributed by atoms with Gasteiger partial charge >= 0.3 is 0 Å². The van der Waals surface area contributed by atoms with Gasteiger partial charge in [0.25, 0.3) is 0 Å². The Morgan fingerprint density at radius 3 is 2.52 bits per heavy atom. The molecule has 2 heterocycles. The van der Waals surface area contributed by atoms with Crippen molar-refractivity contribution in [3.63, 3.8) is 0 Å². The van der Waals surface area contributed by atoms with Crippen LogP contribution in [0.15, 0.2) is 18.3 Å². The number of hydrogen-bond donors (Lipinski definition) is 1. The van der Waals surface area contributed by atoms with Gasteiger partial charge in [0.2, 0.25) is 0 Å². The number of aliphatic hydroxyl groups excluding tert-OH is 1. The highest BCUT2D eigenvalue weighted by Gasteiger charge is 2.19. The Morgan fingerprint density at radius 1 is 1.29 bits per heavy atom. The maximum absolute atomic E-state index is 9.86. The minimum Gasteiger partial charge on any atom is -0.393 e. The first-order chi connectivity index (χ1) is 10.1. The van der Waals surface area contributed by atoms with Gasteiger partial charge in [0.05, 0.1) is 11.7 Å². The molecule has 1 saturated heterocycles. The van der Waals surface area contributed by atoms with Crippen LogP contribution in [0.3, 0.4) is 0 Å². The minimum absolute atomic E-state index is 0.205. The highest BCUT2D eigenvalue weighted by atomic mass is 16.3. The van der Waals surface area contributed by atoms with Crippen molar-refractivity contribution < 1.29 is 5.11 Å². The first-order valence-electron chi connectivity index (χ1n) is 7.61. The second kappa shape index (κ2) is 7.39. The summed E-state index contributed by atoms with van der Waals surface area (Å²) >= 11 is 0. The van der Waals surface area contributed by atoms with E-state index in [9.17, 15) is 5.11 Å². The van der Waals surface area contributed by atoms with Crippen molar-refractivity contribution in [3.8, 4) is 6.07 Å². The van der Waals surface area contributed by atoms with Gasteiger partial charge in [-0.15, -0.1) is 0 Å². The molecule has 1 unspecified atom stereocenters. The van der Waals surface area contributed by atoms with E-state index in [-0.39, 0.29) is 6.10 Å². The van der Waals surface area contributed by atoms with E-state index in [4.69, 9.17) is 5.26 Å². The maximum atomic E-state index is 9.86. The summed E-state index contributed by atoms with van der Waals surface area (Å²) in [5, 5.41) is 18.6. The van der Waals surface area contributed by atoms with E-state index in [2.05, 4.69) is 34.7 Å². The average molecular weight is 288 g/mol. The van der Waals surface area contributed by atoms with Crippen molar-refractivity contribution in [2.45, 2.75) is 26.4 Å². The van der Waals surface area contributed by atoms with E-state index in [1.54, 1.807) is 6.20 Å². The smallest absolute Gasteiger partial charge is 0.128 e. The number of nitriles is 1. The third-order valence-electron chi connectivity index (χ3n) is 4.08. The SMILES string of the molecule is CC(C)C(O)CCN1CCN(c2ccc(C#N)cn2)CC1. The van der Waals surface area contributed by atoms with Crippen LogP contribution in [0.2, 0.25) is 0 Å². The molecule has 1 aromatic heterocycles. The molecule has 0 amide bonds. The summed E-state index contributed by atoms with van der Waals surface area (Å²) < 4.78 is 0. The summed E-state index contributed by atoms with van der Waals surface area (Å²) in [6.07, 6.45) is 2.26. The molecule has 114 valence electrons. The molecule has 0 saturated carbocycles. The fraction of sp³-hybridized carbons (Fsp3) is 0.625. The Balaban J connectivity index is 1.79. The standard InChI is InChI=1S/C16H24N4O/c1-13(2)15(21)5-6-19-7-9-20(10-8-19)16-4-3-14(11-17)12-18-16/h3-4,12-13,15,21H,5-10H2,1-2H3. The van der Waals surface area contributed by atoms with Crippen molar-refractivity contribution in [1.82, 2.24) is 9.88 Å². The van der Waals surface area contributed by atoms with E-state index in [1.165, 1.54) is 0 Å². The average Bonchev–Trinajstić information content (AvgIpc) is 2.53. The van der Waals surface area contributed by atoms with Crippen molar-refractivity contribution in [2.75, 3.05) is 37.6 Å². The first kappa shape index (κ1) is 15.7. The normalized spacial score (nSPS) is 17.8. The Kier molecular flexibility index (Phi) is 5.54. The van der Waals surface area contributed by atoms with Crippen LogP contribution in [0.4, 0.5) is 5.82 Å². The molecule has 0 radical (unpaired) electrons. The van der Waals surface area contributed by atoms with Gasteiger partial charge in [-0.05, 0) is 24.5 Å². The molecular weight excluding hydrogens is 264 g/mol. The lowest BCUT2D eigenvalue weighted by atomic mass is 10.0. The van der Waals surface area contributed by atoms with E-state index in [0.717, 1.165) is 45.0 Å². The van der Waals surface area contributed by atoms with Gasteiger partial charge in [-0.2, -0.15) is 5.26 Å². The molecule has 1 N–H and O–H groups in total. The lowest BCUT2D eigenvalue weighted by molar-refractivity contribution is 0.0983. The van der Waals surface area contributed by atoms with E-state index < -0.39 is 0 Å². The molecule has 0 spiro atoms. The highest BCUT2D eigenvalue weighted by molar-refractivity contribution is 5.42. The summed E-state index contributed by atoms with van der Waals surface area (Å²) in [5.74, 6) is 1.27. The van der Waals surface area contributed by atoms with Gasteiger partial charge in [-0.1, -0.05) is 13.8 Å². The Labute approximate surface area is 126 Å². The van der Waals surface area contributed by atoms with Crippen molar-refractivity contribution in [2.24, 2.45) is 5.92 Å². The van der Waals surface area contributed by atoms with Gasteiger partial charge in [-0.3, -0.25) is 4.90 Å². The Bertz CT molecular complexity index is 472. The van der Waals surface area contributed by atoms with Gasteiger partial charge in [0, 0.05) is 38.9 Å². The first-order valence-corrected chi connectivity index (χ1v) is 7.61. The molecule has 0 aliphatic carbocycles. The number of hydrogen-bond acceptors (Lipinski definition) is 5. The van der Waals surface area contributed by atoms with Crippen LogP contribution in [0.1, 0.15) is 25.8 Å². The third-order valence-corrected chi connectivity index (χ3v) is 4.08. The summed E-state index contributed by atoms with van der Waals surface area (Å²) in [6, 6.07) is 5.81. The largest absolute Gasteiger partial charge is 0.393 e. The lowest BCUT2D eigenvalue weighted by Gasteiger charge is -2.35. The van der Waals surface area contributed by atoms with Gasteiger partial charge < -0.3 is 10.0 Å². The van der Waals surface area contributed by atoms with Crippen LogP contribution in [-0.2, 0) is 0 Å². The number of pyridine rings is 1. The molecule has 1 fully saturated rings. The number of piperazine rings is 1. The molecule has 5 nitrogen and oxygen atoms in total. The molecule has 1 atom stereocenters. The second-order valence-corrected chi connectivity index (χ2v) is 5.95. The quantitative estimate of drug-likeness (QED) is 0.889. The number of nitrogens with zero attached hydrogens (tertiary/aromatic N) is 4. The fourth-order valence-corrected chi connectivity index (χ4v) is 2.49. The van der Waals surface area contributed by atoms with Crippen LogP contribution in [0, 0.1) is 17.2 Å². The van der Waals surface area contributed by atoms with Crippen LogP contribution < -0.4 is 4.90 Å². The monoisotopic (exact) mass is 288 g/mol. The van der Waals surface area contributed by atoms with Crippen LogP contribution in [0.25, 0.3) is 0 Å². The Morgan fingerprint density at radius 2 is 2.00 bits per heavy atom. The highest BCUT2D eigenvalue weighted by Crippen LogP contribution is 2.15. The van der Waals surface area contributed by atoms with Crippen LogP contribution >= 0.6 is 0 Å². The number of anilines is 1. The van der Waals surface area contributed by atoms with Crippen molar-refractivity contribution in [1.29, 1.82) is 5.26 Å². The third kappa shape index (κ3) is 4.42. The van der Waals surface area contributed by atoms with E-state index in [0.29, 0.717) is 11.5 Å². The zero-order valence-electron chi connectivity index (χ0n) is 12.9. The molecular formula is C16H24N4O. The molecule has 21 heavy (non-hydrogen) atoms. The van der Waals surface area contributed by atoms with Gasteiger partial charge in [0.15, 0.2) is 0 Å². The van der Waals surface area contributed by atoms with E-state index in [1.807, 2.05) is 12.1 Å². The van der Waals surface area contributed by atoms with Gasteiger partial charge in [-0.25, -0.2) is 4.98 Å². The summed E-state index contributed by atoms with van der Waals surface area (Å²) in [4.78, 5) is 8.98. The molecule has 1 aliphatic heterocycles. The van der Waals surface area contributed by atoms with E-state index >= 15 is 0 Å². The molecule has 0 bridgehead atoms. The topological polar surface area (TPSA) is 63.4 Å². The molecule has 1 aromatic rings. The lowest BCUT2D eigenvalue weighted by Crippen LogP contribution is -2.47. The predicted molar refractivity (Wildman–Crippen MR) is 83.1 cm³/mol. The molecule has 2 rings (SSSR count). The minimum atomic E-state index is -0.205. The maximum Gasteiger partial charge on any atom is 0.128 e. The van der Waals surface area contributed by atoms with Crippen molar-refractivity contribution in [3.05, 3.63) is 23.9 Å². The van der Waals surface area contributed by atoms with Crippen LogP contribution in [0.5, 0.6) is 0 Å². The predicted octanol–water partition coefficient (Wildman–Crippen LogP) is 1.48. The number of aromatic nitrogens is 1. The second-order valence-electron chi connectivity index (χ2n) is 5.95. The molecule has 1 aliphatic rings. The molecule has 5 heteroatoms. The zero-order chi connectivity index (χ0) is 15.2. The van der Waals surface area contributed by atoms with Gasteiger partial charge in [0.1, 0.15) is 11.9 Å². The summed E-state index contributed by atoms with van der Waals surface area (Å²) in [6.45, 7) is 8.93. The Hall–Kier alpha value is -1.64. The van der Waals surface area contributed by atoms with Crippen LogP contribution in [-0.4, -0.2) is 53.8 Å². The fourth-order valence-electron chi connectivity index (χ4n) is 2.49. The number of aliphatic hydroxyl groups is 1. The summed E-state index contributed by atoms with van der Waals surface area (Å²) in [7, 11) is 0. The number of rotatable bonds is 5. The molecule has 0 aromatic carbocycles. The van der Waals surface area contributed by atoms with Crippen molar-refractivity contribution >= 4 is 5.82 Å².